The average Bonchev–Trinajstić information content (AvgIpc) is 2.39. The molecule has 5 heteroatoms. The minimum Gasteiger partial charge on any atom is -0.409 e. The molecule has 0 atom stereocenters. The molecule has 0 spiro atoms. The van der Waals surface area contributed by atoms with Crippen LogP contribution in [-0.4, -0.2) is 17.6 Å². The van der Waals surface area contributed by atoms with Crippen LogP contribution in [0.25, 0.3) is 0 Å². The molecule has 0 unspecified atom stereocenters. The Bertz CT molecular complexity index is 415. The van der Waals surface area contributed by atoms with Gasteiger partial charge in [0.15, 0.2) is 0 Å². The zero-order chi connectivity index (χ0) is 14.3. The fourth-order valence-corrected chi connectivity index (χ4v) is 1.88. The summed E-state index contributed by atoms with van der Waals surface area (Å²) in [6.45, 7) is 4.86. The van der Waals surface area contributed by atoms with Crippen molar-refractivity contribution in [3.05, 3.63) is 29.3 Å². The molecule has 1 aromatic rings. The Balaban J connectivity index is 2.23. The van der Waals surface area contributed by atoms with E-state index in [1.165, 1.54) is 0 Å². The number of halogens is 1. The van der Waals surface area contributed by atoms with Gasteiger partial charge in [0.2, 0.25) is 0 Å². The van der Waals surface area contributed by atoms with Gasteiger partial charge in [0.05, 0.1) is 0 Å². The molecule has 0 aromatic heterocycles. The predicted octanol–water partition coefficient (Wildman–Crippen LogP) is 3.69. The van der Waals surface area contributed by atoms with Gasteiger partial charge in [-0.15, -0.1) is 0 Å². The van der Waals surface area contributed by atoms with E-state index in [0.717, 1.165) is 36.5 Å². The molecule has 0 aliphatic heterocycles. The number of hydrogen-bond donors (Lipinski definition) is 3. The lowest BCUT2D eigenvalue weighted by atomic mass is 9.86. The molecule has 0 bridgehead atoms. The number of hydrogen-bond acceptors (Lipinski definition) is 3. The van der Waals surface area contributed by atoms with Gasteiger partial charge in [-0.3, -0.25) is 0 Å². The van der Waals surface area contributed by atoms with Gasteiger partial charge in [-0.25, -0.2) is 0 Å². The first-order valence-electron chi connectivity index (χ1n) is 6.43. The van der Waals surface area contributed by atoms with Gasteiger partial charge >= 0.3 is 0 Å². The van der Waals surface area contributed by atoms with Gasteiger partial charge in [0, 0.05) is 22.7 Å². The third kappa shape index (κ3) is 5.39. The van der Waals surface area contributed by atoms with E-state index >= 15 is 0 Å². The lowest BCUT2D eigenvalue weighted by Gasteiger charge is -2.22. The second-order valence-electron chi connectivity index (χ2n) is 5.26. The van der Waals surface area contributed by atoms with Crippen molar-refractivity contribution in [3.63, 3.8) is 0 Å². The molecule has 4 N–H and O–H groups in total. The van der Waals surface area contributed by atoms with Crippen LogP contribution in [0.3, 0.4) is 0 Å². The molecule has 4 nitrogen and oxygen atoms in total. The number of amidine groups is 1. The SMILES string of the molecule is CC(C)(CCCCNc1ccc(Cl)cc1)/C(N)=N/O. The first-order chi connectivity index (χ1) is 8.95. The third-order valence-electron chi connectivity index (χ3n) is 3.20. The maximum Gasteiger partial charge on any atom is 0.144 e. The van der Waals surface area contributed by atoms with Crippen molar-refractivity contribution in [2.75, 3.05) is 11.9 Å². The molecular formula is C14H22ClN3O. The van der Waals surface area contributed by atoms with E-state index in [2.05, 4.69) is 10.5 Å². The lowest BCUT2D eigenvalue weighted by molar-refractivity contribution is 0.304. The van der Waals surface area contributed by atoms with E-state index in [9.17, 15) is 0 Å². The molecule has 0 saturated carbocycles. The molecule has 106 valence electrons. The second-order valence-corrected chi connectivity index (χ2v) is 5.70. The van der Waals surface area contributed by atoms with Crippen LogP contribution in [0.5, 0.6) is 0 Å². The van der Waals surface area contributed by atoms with E-state index in [1.807, 2.05) is 38.1 Å². The molecule has 0 radical (unpaired) electrons. The number of nitrogens with two attached hydrogens (primary N) is 1. The first kappa shape index (κ1) is 15.6. The lowest BCUT2D eigenvalue weighted by Crippen LogP contribution is -2.31. The maximum atomic E-state index is 8.68. The van der Waals surface area contributed by atoms with Gasteiger partial charge in [0.1, 0.15) is 5.84 Å². The minimum atomic E-state index is -0.255. The van der Waals surface area contributed by atoms with E-state index in [1.54, 1.807) is 0 Å². The van der Waals surface area contributed by atoms with Crippen LogP contribution in [-0.2, 0) is 0 Å². The predicted molar refractivity (Wildman–Crippen MR) is 81.0 cm³/mol. The summed E-state index contributed by atoms with van der Waals surface area (Å²) in [7, 11) is 0. The van der Waals surface area contributed by atoms with Crippen LogP contribution in [0.2, 0.25) is 5.02 Å². The molecule has 0 saturated heterocycles. The van der Waals surface area contributed by atoms with E-state index in [-0.39, 0.29) is 11.3 Å². The highest BCUT2D eigenvalue weighted by Gasteiger charge is 2.22. The monoisotopic (exact) mass is 283 g/mol. The molecule has 1 aromatic carbocycles. The number of rotatable bonds is 7. The minimum absolute atomic E-state index is 0.255. The van der Waals surface area contributed by atoms with Crippen LogP contribution < -0.4 is 11.1 Å². The van der Waals surface area contributed by atoms with Crippen LogP contribution >= 0.6 is 11.6 Å². The highest BCUT2D eigenvalue weighted by atomic mass is 35.5. The van der Waals surface area contributed by atoms with E-state index < -0.39 is 0 Å². The quantitative estimate of drug-likeness (QED) is 0.235. The van der Waals surface area contributed by atoms with Gasteiger partial charge in [-0.2, -0.15) is 0 Å². The van der Waals surface area contributed by atoms with Crippen molar-refractivity contribution < 1.29 is 5.21 Å². The zero-order valence-electron chi connectivity index (χ0n) is 11.5. The standard InChI is InChI=1S/C14H22ClN3O/c1-14(2,13(16)18-19)9-3-4-10-17-12-7-5-11(15)6-8-12/h5-8,17,19H,3-4,9-10H2,1-2H3,(H2,16,18). The highest BCUT2D eigenvalue weighted by molar-refractivity contribution is 6.30. The highest BCUT2D eigenvalue weighted by Crippen LogP contribution is 2.23. The number of nitrogens with one attached hydrogen (secondary N) is 1. The van der Waals surface area contributed by atoms with Crippen molar-refractivity contribution in [2.45, 2.75) is 33.1 Å². The summed E-state index contributed by atoms with van der Waals surface area (Å²) in [5.74, 6) is 0.290. The van der Waals surface area contributed by atoms with E-state index in [0.29, 0.717) is 0 Å². The van der Waals surface area contributed by atoms with E-state index in [4.69, 9.17) is 22.5 Å². The summed E-state index contributed by atoms with van der Waals surface area (Å²) >= 11 is 5.82. The fraction of sp³-hybridized carbons (Fsp3) is 0.500. The molecule has 0 heterocycles. The Labute approximate surface area is 119 Å². The third-order valence-corrected chi connectivity index (χ3v) is 3.46. The molecule has 0 amide bonds. The van der Waals surface area contributed by atoms with Crippen LogP contribution in [0.1, 0.15) is 33.1 Å². The molecule has 1 rings (SSSR count). The number of nitrogens with zero attached hydrogens (tertiary/aromatic N) is 1. The molecule has 19 heavy (non-hydrogen) atoms. The van der Waals surface area contributed by atoms with Crippen LogP contribution in [0.4, 0.5) is 5.69 Å². The average molecular weight is 284 g/mol. The van der Waals surface area contributed by atoms with Gasteiger partial charge in [-0.1, -0.05) is 37.0 Å². The largest absolute Gasteiger partial charge is 0.409 e. The molecule has 0 aliphatic carbocycles. The van der Waals surface area contributed by atoms with Gasteiger partial charge in [-0.05, 0) is 37.1 Å². The summed E-state index contributed by atoms with van der Waals surface area (Å²) in [4.78, 5) is 0. The van der Waals surface area contributed by atoms with Crippen molar-refractivity contribution >= 4 is 23.1 Å². The summed E-state index contributed by atoms with van der Waals surface area (Å²) in [6, 6.07) is 7.65. The Hall–Kier alpha value is -1.42. The number of oxime groups is 1. The molecule has 0 fully saturated rings. The fourth-order valence-electron chi connectivity index (χ4n) is 1.76. The Kier molecular flexibility index (Phi) is 5.96. The zero-order valence-corrected chi connectivity index (χ0v) is 12.2. The van der Waals surface area contributed by atoms with Crippen LogP contribution in [0.15, 0.2) is 29.4 Å². The number of anilines is 1. The maximum absolute atomic E-state index is 8.68. The summed E-state index contributed by atoms with van der Waals surface area (Å²) in [5.41, 5.74) is 6.46. The molecular weight excluding hydrogens is 262 g/mol. The van der Waals surface area contributed by atoms with Gasteiger partial charge in [0.25, 0.3) is 0 Å². The van der Waals surface area contributed by atoms with Crippen LogP contribution in [0, 0.1) is 5.41 Å². The summed E-state index contributed by atoms with van der Waals surface area (Å²) in [6.07, 6.45) is 2.94. The second kappa shape index (κ2) is 7.24. The van der Waals surface area contributed by atoms with Crippen molar-refractivity contribution in [3.8, 4) is 0 Å². The van der Waals surface area contributed by atoms with Crippen molar-refractivity contribution in [2.24, 2.45) is 16.3 Å². The van der Waals surface area contributed by atoms with Crippen molar-refractivity contribution in [1.82, 2.24) is 0 Å². The normalized spacial score (nSPS) is 12.5. The van der Waals surface area contributed by atoms with Crippen molar-refractivity contribution in [1.29, 1.82) is 0 Å². The Morgan fingerprint density at radius 1 is 1.32 bits per heavy atom. The topological polar surface area (TPSA) is 70.6 Å². The summed E-state index contributed by atoms with van der Waals surface area (Å²) < 4.78 is 0. The number of benzene rings is 1. The van der Waals surface area contributed by atoms with Gasteiger partial charge < -0.3 is 16.3 Å². The smallest absolute Gasteiger partial charge is 0.144 e. The summed E-state index contributed by atoms with van der Waals surface area (Å²) in [5, 5.41) is 15.8. The Morgan fingerprint density at radius 2 is 1.95 bits per heavy atom. The Morgan fingerprint density at radius 3 is 2.53 bits per heavy atom. The molecule has 0 aliphatic rings. The first-order valence-corrected chi connectivity index (χ1v) is 6.81. The number of unbranched alkanes of at least 4 members (excludes halogenated alkanes) is 1.